The fourth-order valence-electron chi connectivity index (χ4n) is 1.28. The first-order valence-electron chi connectivity index (χ1n) is 6.69. The van der Waals surface area contributed by atoms with Crippen LogP contribution in [-0.4, -0.2) is 69.3 Å². The van der Waals surface area contributed by atoms with Gasteiger partial charge in [-0.15, -0.1) is 6.42 Å². The number of methoxy groups -OCH3 is 1. The van der Waals surface area contributed by atoms with Gasteiger partial charge in [0.05, 0.1) is 26.4 Å². The predicted octanol–water partition coefficient (Wildman–Crippen LogP) is 1.74. The standard InChI is InChI=1S/C15H24O4S2/c1-4-6-18-10-12-21-15(13-19-8-7-16-3)14-20-11-9-17-5-2/h1-2,15H,6-14H2,3H3. The third-order valence-electron chi connectivity index (χ3n) is 2.22. The molecule has 21 heavy (non-hydrogen) atoms. The molecule has 0 rings (SSSR count). The van der Waals surface area contributed by atoms with Crippen molar-refractivity contribution >= 4 is 23.5 Å². The van der Waals surface area contributed by atoms with E-state index in [-0.39, 0.29) is 0 Å². The smallest absolute Gasteiger partial charge is 0.109 e. The molecule has 0 fully saturated rings. The van der Waals surface area contributed by atoms with E-state index >= 15 is 0 Å². The molecule has 1 unspecified atom stereocenters. The average Bonchev–Trinajstić information content (AvgIpc) is 2.50. The van der Waals surface area contributed by atoms with Gasteiger partial charge in [0, 0.05) is 29.6 Å². The molecule has 6 heteroatoms. The van der Waals surface area contributed by atoms with Gasteiger partial charge >= 0.3 is 0 Å². The van der Waals surface area contributed by atoms with Gasteiger partial charge in [0.15, 0.2) is 0 Å². The zero-order valence-electron chi connectivity index (χ0n) is 12.5. The molecule has 0 aliphatic heterocycles. The van der Waals surface area contributed by atoms with Crippen molar-refractivity contribution in [3.8, 4) is 24.9 Å². The zero-order valence-corrected chi connectivity index (χ0v) is 14.2. The Bertz CT molecular complexity index is 275. The molecule has 0 N–H and O–H groups in total. The lowest BCUT2D eigenvalue weighted by Crippen LogP contribution is -2.19. The second-order valence-corrected chi connectivity index (χ2v) is 6.42. The van der Waals surface area contributed by atoms with Crippen molar-refractivity contribution in [1.29, 1.82) is 0 Å². The van der Waals surface area contributed by atoms with Crippen LogP contribution in [0.2, 0.25) is 0 Å². The molecule has 0 aromatic rings. The fourth-order valence-corrected chi connectivity index (χ4v) is 3.42. The van der Waals surface area contributed by atoms with Crippen molar-refractivity contribution in [3.05, 3.63) is 0 Å². The van der Waals surface area contributed by atoms with Crippen molar-refractivity contribution in [1.82, 2.24) is 0 Å². The normalized spacial score (nSPS) is 11.6. The molecule has 0 aliphatic carbocycles. The van der Waals surface area contributed by atoms with E-state index in [2.05, 4.69) is 12.0 Å². The Morgan fingerprint density at radius 1 is 1.05 bits per heavy atom. The Morgan fingerprint density at radius 2 is 1.90 bits per heavy atom. The van der Waals surface area contributed by atoms with Gasteiger partial charge in [-0.05, 0) is 0 Å². The summed E-state index contributed by atoms with van der Waals surface area (Å²) >= 11 is 3.64. The van der Waals surface area contributed by atoms with Crippen LogP contribution in [-0.2, 0) is 18.9 Å². The summed E-state index contributed by atoms with van der Waals surface area (Å²) in [5.41, 5.74) is 0. The molecule has 0 spiro atoms. The van der Waals surface area contributed by atoms with Crippen molar-refractivity contribution in [2.24, 2.45) is 0 Å². The highest BCUT2D eigenvalue weighted by atomic mass is 32.2. The summed E-state index contributed by atoms with van der Waals surface area (Å²) in [4.78, 5) is 0. The van der Waals surface area contributed by atoms with Gasteiger partial charge in [-0.25, -0.2) is 0 Å². The Morgan fingerprint density at radius 3 is 2.62 bits per heavy atom. The fraction of sp³-hybridized carbons (Fsp3) is 0.733. The first kappa shape index (κ1) is 20.5. The molecule has 0 saturated heterocycles. The summed E-state index contributed by atoms with van der Waals surface area (Å²) in [7, 11) is 1.67. The van der Waals surface area contributed by atoms with Gasteiger partial charge in [-0.3, -0.25) is 0 Å². The van der Waals surface area contributed by atoms with Crippen LogP contribution < -0.4 is 0 Å². The summed E-state index contributed by atoms with van der Waals surface area (Å²) in [6, 6.07) is 0. The van der Waals surface area contributed by atoms with Gasteiger partial charge in [0.2, 0.25) is 0 Å². The monoisotopic (exact) mass is 332 g/mol. The minimum absolute atomic E-state index is 0.369. The van der Waals surface area contributed by atoms with Crippen LogP contribution in [0.5, 0.6) is 0 Å². The van der Waals surface area contributed by atoms with Crippen LogP contribution in [0.1, 0.15) is 0 Å². The Balaban J connectivity index is 3.75. The van der Waals surface area contributed by atoms with E-state index in [1.807, 2.05) is 23.5 Å². The maximum absolute atomic E-state index is 5.60. The van der Waals surface area contributed by atoms with Crippen molar-refractivity contribution < 1.29 is 18.9 Å². The Hall–Kier alpha value is -0.500. The van der Waals surface area contributed by atoms with Crippen molar-refractivity contribution in [2.75, 3.05) is 64.0 Å². The summed E-state index contributed by atoms with van der Waals surface area (Å²) in [6.45, 7) is 3.54. The molecule has 0 aromatic heterocycles. The summed E-state index contributed by atoms with van der Waals surface area (Å²) in [5.74, 6) is 5.23. The molecule has 0 aliphatic rings. The Kier molecular flexibility index (Phi) is 17.1. The van der Waals surface area contributed by atoms with Crippen LogP contribution in [0.15, 0.2) is 0 Å². The lowest BCUT2D eigenvalue weighted by molar-refractivity contribution is 0.0729. The van der Waals surface area contributed by atoms with E-state index in [4.69, 9.17) is 31.8 Å². The van der Waals surface area contributed by atoms with Crippen molar-refractivity contribution in [3.63, 3.8) is 0 Å². The second kappa shape index (κ2) is 17.6. The maximum Gasteiger partial charge on any atom is 0.109 e. The molecule has 4 nitrogen and oxygen atoms in total. The number of terminal acetylenes is 2. The number of ether oxygens (including phenoxy) is 4. The highest BCUT2D eigenvalue weighted by Crippen LogP contribution is 2.17. The first-order chi connectivity index (χ1) is 10.3. The molecule has 0 saturated carbocycles. The zero-order chi connectivity index (χ0) is 15.6. The van der Waals surface area contributed by atoms with E-state index in [1.165, 1.54) is 0 Å². The SMILES string of the molecule is C#CCOCCSC(COCCOC)CSCCOC#C. The minimum atomic E-state index is 0.369. The number of hydrogen-bond donors (Lipinski definition) is 0. The summed E-state index contributed by atoms with van der Waals surface area (Å²) < 4.78 is 20.7. The molecule has 0 heterocycles. The average molecular weight is 332 g/mol. The van der Waals surface area contributed by atoms with Gasteiger partial charge in [0.1, 0.15) is 19.3 Å². The first-order valence-corrected chi connectivity index (χ1v) is 8.90. The van der Waals surface area contributed by atoms with Crippen molar-refractivity contribution in [2.45, 2.75) is 5.25 Å². The van der Waals surface area contributed by atoms with E-state index in [9.17, 15) is 0 Å². The van der Waals surface area contributed by atoms with Crippen LogP contribution >= 0.6 is 23.5 Å². The minimum Gasteiger partial charge on any atom is -0.446 e. The van der Waals surface area contributed by atoms with E-state index < -0.39 is 0 Å². The molecule has 1 atom stereocenters. The van der Waals surface area contributed by atoms with E-state index in [0.29, 0.717) is 44.9 Å². The van der Waals surface area contributed by atoms with Crippen LogP contribution in [0.25, 0.3) is 0 Å². The van der Waals surface area contributed by atoms with Crippen LogP contribution in [0, 0.1) is 24.9 Å². The molecule has 120 valence electrons. The topological polar surface area (TPSA) is 36.9 Å². The maximum atomic E-state index is 5.60. The molecule has 0 aromatic carbocycles. The third kappa shape index (κ3) is 15.7. The van der Waals surface area contributed by atoms with Gasteiger partial charge in [0.25, 0.3) is 0 Å². The highest BCUT2D eigenvalue weighted by Gasteiger charge is 2.10. The largest absolute Gasteiger partial charge is 0.446 e. The van der Waals surface area contributed by atoms with E-state index in [1.54, 1.807) is 7.11 Å². The Labute approximate surface area is 137 Å². The molecule has 0 radical (unpaired) electrons. The predicted molar refractivity (Wildman–Crippen MR) is 90.7 cm³/mol. The molecular formula is C15H24O4S2. The summed E-state index contributed by atoms with van der Waals surface area (Å²) in [6.07, 6.45) is 12.3. The number of rotatable bonds is 15. The lowest BCUT2D eigenvalue weighted by atomic mass is 10.5. The van der Waals surface area contributed by atoms with Gasteiger partial charge in [-0.2, -0.15) is 23.5 Å². The number of thioether (sulfide) groups is 2. The quantitative estimate of drug-likeness (QED) is 0.336. The third-order valence-corrected chi connectivity index (χ3v) is 4.70. The second-order valence-electron chi connectivity index (χ2n) is 3.86. The van der Waals surface area contributed by atoms with Crippen LogP contribution in [0.3, 0.4) is 0 Å². The number of hydrogen-bond acceptors (Lipinski definition) is 6. The lowest BCUT2D eigenvalue weighted by Gasteiger charge is -2.16. The van der Waals surface area contributed by atoms with E-state index in [0.717, 1.165) is 17.3 Å². The molecule has 0 bridgehead atoms. The van der Waals surface area contributed by atoms with Crippen LogP contribution in [0.4, 0.5) is 0 Å². The molecular weight excluding hydrogens is 308 g/mol. The summed E-state index contributed by atoms with van der Waals surface area (Å²) in [5, 5.41) is 0.409. The molecule has 0 amide bonds. The van der Waals surface area contributed by atoms with Gasteiger partial charge in [-0.1, -0.05) is 12.3 Å². The highest BCUT2D eigenvalue weighted by molar-refractivity contribution is 8.03. The van der Waals surface area contributed by atoms with Gasteiger partial charge < -0.3 is 18.9 Å².